The third kappa shape index (κ3) is 2.25. The summed E-state index contributed by atoms with van der Waals surface area (Å²) < 4.78 is 5.56. The normalized spacial score (nSPS) is 10.1. The van der Waals surface area contributed by atoms with Crippen LogP contribution >= 0.6 is 0 Å². The third-order valence-electron chi connectivity index (χ3n) is 2.25. The average molecular weight is 215 g/mol. The van der Waals surface area contributed by atoms with Gasteiger partial charge in [-0.2, -0.15) is 0 Å². The number of aromatic hydroxyl groups is 1. The first kappa shape index (κ1) is 10.4. The minimum absolute atomic E-state index is 0.135. The van der Waals surface area contributed by atoms with Gasteiger partial charge in [-0.25, -0.2) is 0 Å². The summed E-state index contributed by atoms with van der Waals surface area (Å²) in [6, 6.07) is 12.3. The molecule has 0 bridgehead atoms. The molecule has 0 atom stereocenters. The van der Waals surface area contributed by atoms with Crippen LogP contribution < -0.4 is 10.5 Å². The van der Waals surface area contributed by atoms with Crippen molar-refractivity contribution in [3.63, 3.8) is 0 Å². The Labute approximate surface area is 94.1 Å². The maximum Gasteiger partial charge on any atom is 0.153 e. The Morgan fingerprint density at radius 3 is 2.44 bits per heavy atom. The van der Waals surface area contributed by atoms with Gasteiger partial charge in [0.05, 0.1) is 5.69 Å². The summed E-state index contributed by atoms with van der Waals surface area (Å²) >= 11 is 0. The monoisotopic (exact) mass is 215 g/mol. The van der Waals surface area contributed by atoms with Gasteiger partial charge in [-0.15, -0.1) is 0 Å². The van der Waals surface area contributed by atoms with Gasteiger partial charge >= 0.3 is 0 Å². The fourth-order valence-corrected chi connectivity index (χ4v) is 1.34. The Balaban J connectivity index is 2.26. The van der Waals surface area contributed by atoms with Gasteiger partial charge in [-0.05, 0) is 31.2 Å². The number of benzene rings is 2. The highest BCUT2D eigenvalue weighted by Gasteiger charge is 2.03. The lowest BCUT2D eigenvalue weighted by Gasteiger charge is -2.08. The summed E-state index contributed by atoms with van der Waals surface area (Å²) in [5.41, 5.74) is 7.39. The van der Waals surface area contributed by atoms with Crippen LogP contribution in [0.4, 0.5) is 5.69 Å². The molecule has 0 spiro atoms. The fraction of sp³-hybridized carbons (Fsp3) is 0.0769. The van der Waals surface area contributed by atoms with Crippen molar-refractivity contribution in [3.05, 3.63) is 48.0 Å². The number of aryl methyl sites for hydroxylation is 1. The molecule has 0 radical (unpaired) electrons. The maximum atomic E-state index is 9.32. The molecule has 0 saturated heterocycles. The Kier molecular flexibility index (Phi) is 2.68. The molecule has 82 valence electrons. The number of anilines is 1. The van der Waals surface area contributed by atoms with Crippen molar-refractivity contribution in [3.8, 4) is 17.2 Å². The van der Waals surface area contributed by atoms with Crippen molar-refractivity contribution in [2.45, 2.75) is 6.92 Å². The summed E-state index contributed by atoms with van der Waals surface area (Å²) in [5.74, 6) is 1.29. The number of hydrogen-bond acceptors (Lipinski definition) is 3. The van der Waals surface area contributed by atoms with Crippen LogP contribution in [-0.4, -0.2) is 5.11 Å². The lowest BCUT2D eigenvalue weighted by Crippen LogP contribution is -1.91. The number of rotatable bonds is 2. The first-order valence-corrected chi connectivity index (χ1v) is 4.98. The van der Waals surface area contributed by atoms with Crippen LogP contribution in [0.2, 0.25) is 0 Å². The molecule has 16 heavy (non-hydrogen) atoms. The highest BCUT2D eigenvalue weighted by atomic mass is 16.5. The second-order valence-electron chi connectivity index (χ2n) is 3.64. The highest BCUT2D eigenvalue weighted by molar-refractivity contribution is 5.56. The van der Waals surface area contributed by atoms with Crippen molar-refractivity contribution < 1.29 is 9.84 Å². The van der Waals surface area contributed by atoms with Crippen LogP contribution in [0.1, 0.15) is 5.56 Å². The van der Waals surface area contributed by atoms with Gasteiger partial charge in [0, 0.05) is 6.07 Å². The SMILES string of the molecule is Cc1ccc(Oc2cc(O)ccc2N)cc1. The Morgan fingerprint density at radius 1 is 1.06 bits per heavy atom. The third-order valence-corrected chi connectivity index (χ3v) is 2.25. The second-order valence-corrected chi connectivity index (χ2v) is 3.64. The van der Waals surface area contributed by atoms with Crippen molar-refractivity contribution in [2.75, 3.05) is 5.73 Å². The van der Waals surface area contributed by atoms with E-state index in [4.69, 9.17) is 10.5 Å². The smallest absolute Gasteiger partial charge is 0.153 e. The molecule has 0 amide bonds. The van der Waals surface area contributed by atoms with Crippen LogP contribution in [-0.2, 0) is 0 Å². The van der Waals surface area contributed by atoms with Gasteiger partial charge in [0.25, 0.3) is 0 Å². The molecular formula is C13H13NO2. The summed E-state index contributed by atoms with van der Waals surface area (Å²) in [6.45, 7) is 2.01. The molecule has 3 nitrogen and oxygen atoms in total. The number of ether oxygens (including phenoxy) is 1. The van der Waals surface area contributed by atoms with Crippen molar-refractivity contribution in [2.24, 2.45) is 0 Å². The predicted molar refractivity (Wildman–Crippen MR) is 63.8 cm³/mol. The van der Waals surface area contributed by atoms with Crippen molar-refractivity contribution >= 4 is 5.69 Å². The van der Waals surface area contributed by atoms with E-state index in [-0.39, 0.29) is 5.75 Å². The van der Waals surface area contributed by atoms with E-state index in [0.717, 1.165) is 5.56 Å². The van der Waals surface area contributed by atoms with E-state index in [9.17, 15) is 5.11 Å². The van der Waals surface area contributed by atoms with Crippen LogP contribution in [0.15, 0.2) is 42.5 Å². The predicted octanol–water partition coefficient (Wildman–Crippen LogP) is 3.08. The Morgan fingerprint density at radius 2 is 1.75 bits per heavy atom. The maximum absolute atomic E-state index is 9.32. The fourth-order valence-electron chi connectivity index (χ4n) is 1.34. The first-order valence-electron chi connectivity index (χ1n) is 4.98. The van der Waals surface area contributed by atoms with Crippen LogP contribution in [0.5, 0.6) is 17.2 Å². The number of phenolic OH excluding ortho intramolecular Hbond substituents is 1. The van der Waals surface area contributed by atoms with E-state index in [2.05, 4.69) is 0 Å². The largest absolute Gasteiger partial charge is 0.508 e. The topological polar surface area (TPSA) is 55.5 Å². The first-order chi connectivity index (χ1) is 7.65. The van der Waals surface area contributed by atoms with Crippen molar-refractivity contribution in [1.82, 2.24) is 0 Å². The zero-order chi connectivity index (χ0) is 11.5. The van der Waals surface area contributed by atoms with Gasteiger partial charge in [0.15, 0.2) is 5.75 Å². The van der Waals surface area contributed by atoms with Crippen LogP contribution in [0.25, 0.3) is 0 Å². The molecule has 0 aliphatic heterocycles. The molecule has 0 aliphatic rings. The lowest BCUT2D eigenvalue weighted by molar-refractivity contribution is 0.456. The number of phenols is 1. The van der Waals surface area contributed by atoms with E-state index >= 15 is 0 Å². The Hall–Kier alpha value is -2.16. The molecule has 2 aromatic carbocycles. The van der Waals surface area contributed by atoms with E-state index in [1.165, 1.54) is 12.1 Å². The van der Waals surface area contributed by atoms with Crippen LogP contribution in [0.3, 0.4) is 0 Å². The highest BCUT2D eigenvalue weighted by Crippen LogP contribution is 2.30. The molecule has 0 unspecified atom stereocenters. The zero-order valence-electron chi connectivity index (χ0n) is 8.97. The quantitative estimate of drug-likeness (QED) is 0.598. The molecule has 3 heteroatoms. The molecular weight excluding hydrogens is 202 g/mol. The van der Waals surface area contributed by atoms with Gasteiger partial charge in [0.2, 0.25) is 0 Å². The molecule has 0 heterocycles. The molecule has 2 rings (SSSR count). The van der Waals surface area contributed by atoms with Crippen LogP contribution in [0, 0.1) is 6.92 Å². The number of nitrogens with two attached hydrogens (primary N) is 1. The van der Waals surface area contributed by atoms with E-state index in [1.54, 1.807) is 6.07 Å². The van der Waals surface area contributed by atoms with Gasteiger partial charge in [-0.1, -0.05) is 17.7 Å². The molecule has 0 aromatic heterocycles. The lowest BCUT2D eigenvalue weighted by atomic mass is 10.2. The summed E-state index contributed by atoms with van der Waals surface area (Å²) in [4.78, 5) is 0. The van der Waals surface area contributed by atoms with E-state index in [1.807, 2.05) is 31.2 Å². The summed E-state index contributed by atoms with van der Waals surface area (Å²) in [5, 5.41) is 9.32. The number of nitrogen functional groups attached to an aromatic ring is 1. The zero-order valence-corrected chi connectivity index (χ0v) is 8.97. The van der Waals surface area contributed by atoms with Gasteiger partial charge in [-0.3, -0.25) is 0 Å². The minimum Gasteiger partial charge on any atom is -0.508 e. The van der Waals surface area contributed by atoms with Gasteiger partial charge in [0.1, 0.15) is 11.5 Å². The van der Waals surface area contributed by atoms with E-state index < -0.39 is 0 Å². The van der Waals surface area contributed by atoms with Gasteiger partial charge < -0.3 is 15.6 Å². The Bertz CT molecular complexity index is 492. The summed E-state index contributed by atoms with van der Waals surface area (Å²) in [6.07, 6.45) is 0. The standard InChI is InChI=1S/C13H13NO2/c1-9-2-5-11(6-3-9)16-13-8-10(15)4-7-12(13)14/h2-8,15H,14H2,1H3. The molecule has 0 fully saturated rings. The van der Waals surface area contributed by atoms with E-state index in [0.29, 0.717) is 17.2 Å². The molecule has 0 aliphatic carbocycles. The molecule has 3 N–H and O–H groups in total. The minimum atomic E-state index is 0.135. The summed E-state index contributed by atoms with van der Waals surface area (Å²) in [7, 11) is 0. The number of hydrogen-bond donors (Lipinski definition) is 2. The van der Waals surface area contributed by atoms with Crippen molar-refractivity contribution in [1.29, 1.82) is 0 Å². The molecule has 0 saturated carbocycles. The second kappa shape index (κ2) is 4.14. The molecule has 2 aromatic rings. The average Bonchev–Trinajstić information content (AvgIpc) is 2.27.